The summed E-state index contributed by atoms with van der Waals surface area (Å²) < 4.78 is 6.34. The molecular formula is C24H31NO2. The number of hydrogen-bond donors (Lipinski definition) is 1. The van der Waals surface area contributed by atoms with E-state index >= 15 is 0 Å². The van der Waals surface area contributed by atoms with E-state index in [1.54, 1.807) is 0 Å². The number of para-hydroxylation sites is 1. The fourth-order valence-corrected chi connectivity index (χ4v) is 3.79. The zero-order valence-corrected chi connectivity index (χ0v) is 17.1. The molecule has 3 rings (SSSR count). The second-order valence-corrected chi connectivity index (χ2v) is 8.59. The molecule has 2 aromatic rings. The molecule has 1 atom stereocenters. The molecule has 0 aliphatic carbocycles. The number of ether oxygens (including phenoxy) is 1. The molecule has 3 heteroatoms. The lowest BCUT2D eigenvalue weighted by molar-refractivity contribution is 0.0227. The maximum Gasteiger partial charge on any atom is 0.251 e. The van der Waals surface area contributed by atoms with Crippen LogP contribution in [0.15, 0.2) is 48.5 Å². The summed E-state index contributed by atoms with van der Waals surface area (Å²) in [7, 11) is 0. The average molecular weight is 366 g/mol. The first-order valence-electron chi connectivity index (χ1n) is 9.97. The van der Waals surface area contributed by atoms with Crippen molar-refractivity contribution >= 4 is 5.91 Å². The fraction of sp³-hybridized carbons (Fsp3) is 0.458. The highest BCUT2D eigenvalue weighted by Gasteiger charge is 2.39. The normalized spacial score (nSPS) is 18.3. The van der Waals surface area contributed by atoms with Crippen molar-refractivity contribution in [3.05, 3.63) is 65.2 Å². The third kappa shape index (κ3) is 4.02. The number of nitrogens with one attached hydrogen (secondary N) is 1. The minimum Gasteiger partial charge on any atom is -0.487 e. The number of hydrogen-bond acceptors (Lipinski definition) is 2. The molecule has 2 aromatic carbocycles. The molecule has 1 heterocycles. The van der Waals surface area contributed by atoms with Crippen molar-refractivity contribution in [1.82, 2.24) is 5.32 Å². The zero-order valence-electron chi connectivity index (χ0n) is 17.1. The van der Waals surface area contributed by atoms with Gasteiger partial charge in [0.2, 0.25) is 0 Å². The number of carbonyl (C=O) groups is 1. The predicted octanol–water partition coefficient (Wildman–Crippen LogP) is 5.80. The molecule has 3 nitrogen and oxygen atoms in total. The third-order valence-corrected chi connectivity index (χ3v) is 5.80. The Bertz CT molecular complexity index is 798. The Hall–Kier alpha value is -2.29. The van der Waals surface area contributed by atoms with Crippen molar-refractivity contribution in [2.75, 3.05) is 0 Å². The van der Waals surface area contributed by atoms with Crippen LogP contribution in [0.5, 0.6) is 5.75 Å². The molecule has 1 aliphatic rings. The van der Waals surface area contributed by atoms with Crippen LogP contribution in [0.25, 0.3) is 0 Å². The molecule has 0 saturated heterocycles. The van der Waals surface area contributed by atoms with Gasteiger partial charge in [-0.25, -0.2) is 0 Å². The Morgan fingerprint density at radius 1 is 1.07 bits per heavy atom. The van der Waals surface area contributed by atoms with Crippen molar-refractivity contribution < 1.29 is 9.53 Å². The Morgan fingerprint density at radius 3 is 2.30 bits per heavy atom. The molecule has 0 fully saturated rings. The van der Waals surface area contributed by atoms with E-state index in [4.69, 9.17) is 4.74 Å². The van der Waals surface area contributed by atoms with E-state index in [1.807, 2.05) is 30.3 Å². The molecule has 0 spiro atoms. The van der Waals surface area contributed by atoms with Gasteiger partial charge < -0.3 is 10.1 Å². The standard InChI is InChI=1S/C24H31NO2/c1-6-24(7-2)16-20(19-10-8-9-11-21(19)27-24)25-22(26)17-12-14-18(15-13-17)23(3,4)5/h8-15,20H,6-7,16H2,1-5H3,(H,25,26). The summed E-state index contributed by atoms with van der Waals surface area (Å²) in [6.07, 6.45) is 2.64. The smallest absolute Gasteiger partial charge is 0.251 e. The minimum atomic E-state index is -0.220. The van der Waals surface area contributed by atoms with Crippen LogP contribution in [0.2, 0.25) is 0 Å². The first-order valence-corrected chi connectivity index (χ1v) is 9.97. The Balaban J connectivity index is 1.84. The van der Waals surface area contributed by atoms with Gasteiger partial charge in [-0.05, 0) is 42.0 Å². The van der Waals surface area contributed by atoms with E-state index in [1.165, 1.54) is 5.56 Å². The number of rotatable bonds is 4. The van der Waals surface area contributed by atoms with E-state index in [9.17, 15) is 4.79 Å². The van der Waals surface area contributed by atoms with Gasteiger partial charge in [-0.2, -0.15) is 0 Å². The Kier molecular flexibility index (Phi) is 5.32. The quantitative estimate of drug-likeness (QED) is 0.744. The highest BCUT2D eigenvalue weighted by Crippen LogP contribution is 2.42. The molecule has 0 bridgehead atoms. The molecule has 27 heavy (non-hydrogen) atoms. The lowest BCUT2D eigenvalue weighted by atomic mass is 9.83. The summed E-state index contributed by atoms with van der Waals surface area (Å²) >= 11 is 0. The van der Waals surface area contributed by atoms with Crippen LogP contribution in [0.4, 0.5) is 0 Å². The molecule has 0 aromatic heterocycles. The maximum atomic E-state index is 12.9. The number of benzene rings is 2. The highest BCUT2D eigenvalue weighted by atomic mass is 16.5. The first-order chi connectivity index (χ1) is 12.8. The third-order valence-electron chi connectivity index (χ3n) is 5.80. The zero-order chi connectivity index (χ0) is 19.7. The number of amides is 1. The van der Waals surface area contributed by atoms with E-state index in [-0.39, 0.29) is 23.0 Å². The van der Waals surface area contributed by atoms with Gasteiger partial charge in [-0.15, -0.1) is 0 Å². The molecule has 1 amide bonds. The summed E-state index contributed by atoms with van der Waals surface area (Å²) in [5, 5.41) is 3.25. The molecular weight excluding hydrogens is 334 g/mol. The SMILES string of the molecule is CCC1(CC)CC(NC(=O)c2ccc(C(C)(C)C)cc2)c2ccccc2O1. The van der Waals surface area contributed by atoms with Gasteiger partial charge in [0.05, 0.1) is 6.04 Å². The summed E-state index contributed by atoms with van der Waals surface area (Å²) in [6.45, 7) is 10.8. The molecule has 0 radical (unpaired) electrons. The van der Waals surface area contributed by atoms with Crippen LogP contribution in [-0.2, 0) is 5.41 Å². The van der Waals surface area contributed by atoms with Crippen LogP contribution in [0.3, 0.4) is 0 Å². The van der Waals surface area contributed by atoms with E-state index in [0.29, 0.717) is 5.56 Å². The van der Waals surface area contributed by atoms with E-state index in [2.05, 4.69) is 58.1 Å². The van der Waals surface area contributed by atoms with Crippen molar-refractivity contribution in [2.45, 2.75) is 70.9 Å². The minimum absolute atomic E-state index is 0.0294. The van der Waals surface area contributed by atoms with Gasteiger partial charge in [-0.1, -0.05) is 65.0 Å². The van der Waals surface area contributed by atoms with Crippen molar-refractivity contribution in [1.29, 1.82) is 0 Å². The van der Waals surface area contributed by atoms with Crippen LogP contribution >= 0.6 is 0 Å². The molecule has 0 saturated carbocycles. The van der Waals surface area contributed by atoms with E-state index < -0.39 is 0 Å². The molecule has 1 aliphatic heterocycles. The van der Waals surface area contributed by atoms with Gasteiger partial charge in [-0.3, -0.25) is 4.79 Å². The number of fused-ring (bicyclic) bond motifs is 1. The van der Waals surface area contributed by atoms with Crippen LogP contribution in [0, 0.1) is 0 Å². The number of carbonyl (C=O) groups excluding carboxylic acids is 1. The second-order valence-electron chi connectivity index (χ2n) is 8.59. The molecule has 1 N–H and O–H groups in total. The fourth-order valence-electron chi connectivity index (χ4n) is 3.79. The summed E-state index contributed by atoms with van der Waals surface area (Å²) in [5.41, 5.74) is 2.85. The largest absolute Gasteiger partial charge is 0.487 e. The van der Waals surface area contributed by atoms with Gasteiger partial charge in [0.1, 0.15) is 11.4 Å². The topological polar surface area (TPSA) is 38.3 Å². The Labute approximate surface area is 163 Å². The lowest BCUT2D eigenvalue weighted by Gasteiger charge is -2.41. The maximum absolute atomic E-state index is 12.9. The van der Waals surface area contributed by atoms with E-state index in [0.717, 1.165) is 30.6 Å². The van der Waals surface area contributed by atoms with Crippen molar-refractivity contribution in [3.63, 3.8) is 0 Å². The van der Waals surface area contributed by atoms with Crippen LogP contribution in [0.1, 0.15) is 81.4 Å². The van der Waals surface area contributed by atoms with Gasteiger partial charge in [0.25, 0.3) is 5.91 Å². The average Bonchev–Trinajstić information content (AvgIpc) is 2.67. The van der Waals surface area contributed by atoms with Crippen molar-refractivity contribution in [2.24, 2.45) is 0 Å². The molecule has 144 valence electrons. The summed E-state index contributed by atoms with van der Waals surface area (Å²) in [6, 6.07) is 16.0. The molecule has 1 unspecified atom stereocenters. The van der Waals surface area contributed by atoms with Crippen LogP contribution in [-0.4, -0.2) is 11.5 Å². The highest BCUT2D eigenvalue weighted by molar-refractivity contribution is 5.94. The predicted molar refractivity (Wildman–Crippen MR) is 110 cm³/mol. The monoisotopic (exact) mass is 365 g/mol. The summed E-state index contributed by atoms with van der Waals surface area (Å²) in [5.74, 6) is 0.860. The first kappa shape index (κ1) is 19.5. The lowest BCUT2D eigenvalue weighted by Crippen LogP contribution is -2.44. The van der Waals surface area contributed by atoms with Gasteiger partial charge >= 0.3 is 0 Å². The summed E-state index contributed by atoms with van der Waals surface area (Å²) in [4.78, 5) is 12.9. The Morgan fingerprint density at radius 2 is 1.70 bits per heavy atom. The van der Waals surface area contributed by atoms with Gasteiger partial charge in [0, 0.05) is 17.5 Å². The van der Waals surface area contributed by atoms with Crippen LogP contribution < -0.4 is 10.1 Å². The second kappa shape index (κ2) is 7.38. The van der Waals surface area contributed by atoms with Crippen molar-refractivity contribution in [3.8, 4) is 5.75 Å². The van der Waals surface area contributed by atoms with Gasteiger partial charge in [0.15, 0.2) is 0 Å².